The highest BCUT2D eigenvalue weighted by atomic mass is 16.5. The third-order valence-corrected chi connectivity index (χ3v) is 4.37. The molecule has 28 heavy (non-hydrogen) atoms. The van der Waals surface area contributed by atoms with E-state index in [-0.39, 0.29) is 5.91 Å². The molecule has 3 aromatic rings. The number of ether oxygens (including phenoxy) is 2. The second-order valence-corrected chi connectivity index (χ2v) is 6.32. The van der Waals surface area contributed by atoms with Gasteiger partial charge >= 0.3 is 0 Å². The summed E-state index contributed by atoms with van der Waals surface area (Å²) in [7, 11) is 1.63. The average Bonchev–Trinajstić information content (AvgIpc) is 3.13. The molecule has 1 heterocycles. The van der Waals surface area contributed by atoms with Crippen LogP contribution in [0.25, 0.3) is 0 Å². The van der Waals surface area contributed by atoms with Crippen molar-refractivity contribution in [3.8, 4) is 5.75 Å². The molecule has 1 aromatic heterocycles. The summed E-state index contributed by atoms with van der Waals surface area (Å²) in [6.45, 7) is 3.69. The molecule has 0 aliphatic heterocycles. The van der Waals surface area contributed by atoms with Gasteiger partial charge in [-0.25, -0.2) is 0 Å². The van der Waals surface area contributed by atoms with Crippen LogP contribution in [-0.2, 0) is 17.7 Å². The van der Waals surface area contributed by atoms with Gasteiger partial charge < -0.3 is 14.8 Å². The quantitative estimate of drug-likeness (QED) is 0.575. The number of hydrogen-bond acceptors (Lipinski definition) is 4. The van der Waals surface area contributed by atoms with Crippen LogP contribution in [0.3, 0.4) is 0 Å². The van der Waals surface area contributed by atoms with Crippen LogP contribution in [0.2, 0.25) is 0 Å². The highest BCUT2D eigenvalue weighted by molar-refractivity contribution is 6.05. The number of hydrogen-bond donors (Lipinski definition) is 1. The maximum atomic E-state index is 12.7. The lowest BCUT2D eigenvalue weighted by Gasteiger charge is -2.10. The molecule has 1 amide bonds. The van der Waals surface area contributed by atoms with E-state index in [2.05, 4.69) is 22.5 Å². The molecule has 0 saturated heterocycles. The van der Waals surface area contributed by atoms with Gasteiger partial charge in [-0.3, -0.25) is 9.48 Å². The predicted octanol–water partition coefficient (Wildman–Crippen LogP) is 3.77. The maximum Gasteiger partial charge on any atom is 0.259 e. The molecule has 0 saturated carbocycles. The van der Waals surface area contributed by atoms with Crippen LogP contribution in [0.5, 0.6) is 5.75 Å². The number of aromatic nitrogens is 2. The van der Waals surface area contributed by atoms with E-state index in [0.29, 0.717) is 31.0 Å². The number of carbonyl (C=O) groups is 1. The molecule has 146 valence electrons. The first-order chi connectivity index (χ1) is 13.7. The monoisotopic (exact) mass is 379 g/mol. The summed E-state index contributed by atoms with van der Waals surface area (Å²) < 4.78 is 12.4. The first-order valence-electron chi connectivity index (χ1n) is 9.33. The smallest absolute Gasteiger partial charge is 0.259 e. The van der Waals surface area contributed by atoms with E-state index >= 15 is 0 Å². The number of nitrogens with zero attached hydrogens (tertiary/aromatic N) is 2. The maximum absolute atomic E-state index is 12.7. The average molecular weight is 379 g/mol. The third kappa shape index (κ3) is 4.98. The van der Waals surface area contributed by atoms with Gasteiger partial charge in [0.2, 0.25) is 0 Å². The SMILES string of the molecule is CCc1c(C(=O)Nc2ccc(OCCOC)cc2)cnn1Cc1ccccc1. The summed E-state index contributed by atoms with van der Waals surface area (Å²) in [5, 5.41) is 7.36. The Hall–Kier alpha value is -3.12. The van der Waals surface area contributed by atoms with Crippen LogP contribution in [0.4, 0.5) is 5.69 Å². The Morgan fingerprint density at radius 1 is 1.07 bits per heavy atom. The van der Waals surface area contributed by atoms with Gasteiger partial charge in [-0.15, -0.1) is 0 Å². The van der Waals surface area contributed by atoms with Crippen LogP contribution < -0.4 is 10.1 Å². The van der Waals surface area contributed by atoms with Crippen molar-refractivity contribution in [3.63, 3.8) is 0 Å². The molecular formula is C22H25N3O3. The fourth-order valence-corrected chi connectivity index (χ4v) is 2.94. The van der Waals surface area contributed by atoms with Crippen LogP contribution in [0.15, 0.2) is 60.8 Å². The molecule has 0 spiro atoms. The van der Waals surface area contributed by atoms with E-state index in [4.69, 9.17) is 9.47 Å². The molecule has 0 aliphatic carbocycles. The molecule has 3 rings (SSSR count). The summed E-state index contributed by atoms with van der Waals surface area (Å²) in [5.41, 5.74) is 3.37. The Bertz CT molecular complexity index is 889. The number of carbonyl (C=O) groups excluding carboxylic acids is 1. The van der Waals surface area contributed by atoms with Gasteiger partial charge in [-0.05, 0) is 36.2 Å². The second kappa shape index (κ2) is 9.71. The van der Waals surface area contributed by atoms with E-state index in [0.717, 1.165) is 23.4 Å². The predicted molar refractivity (Wildman–Crippen MR) is 109 cm³/mol. The fourth-order valence-electron chi connectivity index (χ4n) is 2.94. The highest BCUT2D eigenvalue weighted by Crippen LogP contribution is 2.18. The minimum atomic E-state index is -0.163. The van der Waals surface area contributed by atoms with Gasteiger partial charge in [-0.2, -0.15) is 5.10 Å². The standard InChI is InChI=1S/C22H25N3O3/c1-3-21-20(15-23-25(21)16-17-7-5-4-6-8-17)22(26)24-18-9-11-19(12-10-18)28-14-13-27-2/h4-12,15H,3,13-14,16H2,1-2H3,(H,24,26). The van der Waals surface area contributed by atoms with Gasteiger partial charge in [0.15, 0.2) is 0 Å². The van der Waals surface area contributed by atoms with E-state index in [1.165, 1.54) is 0 Å². The number of benzene rings is 2. The van der Waals surface area contributed by atoms with E-state index in [9.17, 15) is 4.79 Å². The van der Waals surface area contributed by atoms with Crippen molar-refractivity contribution in [3.05, 3.63) is 77.6 Å². The zero-order valence-electron chi connectivity index (χ0n) is 16.2. The normalized spacial score (nSPS) is 10.6. The Balaban J connectivity index is 1.67. The largest absolute Gasteiger partial charge is 0.491 e. The van der Waals surface area contributed by atoms with Crippen LogP contribution in [-0.4, -0.2) is 36.0 Å². The molecule has 0 bridgehead atoms. The van der Waals surface area contributed by atoms with Gasteiger partial charge in [0.25, 0.3) is 5.91 Å². The minimum absolute atomic E-state index is 0.163. The van der Waals surface area contributed by atoms with Crippen molar-refractivity contribution in [2.45, 2.75) is 19.9 Å². The van der Waals surface area contributed by atoms with E-state index in [1.807, 2.05) is 54.1 Å². The number of anilines is 1. The van der Waals surface area contributed by atoms with E-state index < -0.39 is 0 Å². The molecule has 0 radical (unpaired) electrons. The molecule has 0 fully saturated rings. The zero-order valence-corrected chi connectivity index (χ0v) is 16.2. The highest BCUT2D eigenvalue weighted by Gasteiger charge is 2.16. The van der Waals surface area contributed by atoms with E-state index in [1.54, 1.807) is 13.3 Å². The molecule has 1 N–H and O–H groups in total. The number of nitrogens with one attached hydrogen (secondary N) is 1. The number of methoxy groups -OCH3 is 1. The Morgan fingerprint density at radius 3 is 2.50 bits per heavy atom. The Kier molecular flexibility index (Phi) is 6.81. The van der Waals surface area contributed by atoms with Crippen molar-refractivity contribution in [1.82, 2.24) is 9.78 Å². The Morgan fingerprint density at radius 2 is 1.82 bits per heavy atom. The van der Waals surface area contributed by atoms with Crippen LogP contribution >= 0.6 is 0 Å². The minimum Gasteiger partial charge on any atom is -0.491 e. The molecule has 0 unspecified atom stereocenters. The topological polar surface area (TPSA) is 65.4 Å². The van der Waals surface area contributed by atoms with Gasteiger partial charge in [0, 0.05) is 12.8 Å². The summed E-state index contributed by atoms with van der Waals surface area (Å²) in [4.78, 5) is 12.7. The molecule has 6 nitrogen and oxygen atoms in total. The molecule has 6 heteroatoms. The first-order valence-corrected chi connectivity index (χ1v) is 9.33. The molecular weight excluding hydrogens is 354 g/mol. The van der Waals surface area contributed by atoms with Gasteiger partial charge in [0.1, 0.15) is 12.4 Å². The lowest BCUT2D eigenvalue weighted by Crippen LogP contribution is -2.15. The molecule has 0 aliphatic rings. The summed E-state index contributed by atoms with van der Waals surface area (Å²) in [6, 6.07) is 17.4. The van der Waals surface area contributed by atoms with Crippen LogP contribution in [0, 0.1) is 0 Å². The van der Waals surface area contributed by atoms with Gasteiger partial charge in [0.05, 0.1) is 30.6 Å². The second-order valence-electron chi connectivity index (χ2n) is 6.32. The third-order valence-electron chi connectivity index (χ3n) is 4.37. The summed E-state index contributed by atoms with van der Waals surface area (Å²) in [6.07, 6.45) is 2.36. The first kappa shape index (κ1) is 19.6. The lowest BCUT2D eigenvalue weighted by molar-refractivity contribution is 0.102. The zero-order chi connectivity index (χ0) is 19.8. The molecule has 2 aromatic carbocycles. The number of rotatable bonds is 9. The van der Waals surface area contributed by atoms with Gasteiger partial charge in [-0.1, -0.05) is 37.3 Å². The Labute approximate surface area is 165 Å². The van der Waals surface area contributed by atoms with Crippen molar-refractivity contribution in [2.24, 2.45) is 0 Å². The van der Waals surface area contributed by atoms with Crippen molar-refractivity contribution >= 4 is 11.6 Å². The van der Waals surface area contributed by atoms with Crippen molar-refractivity contribution in [2.75, 3.05) is 25.6 Å². The van der Waals surface area contributed by atoms with Crippen LogP contribution in [0.1, 0.15) is 28.5 Å². The molecule has 0 atom stereocenters. The summed E-state index contributed by atoms with van der Waals surface area (Å²) in [5.74, 6) is 0.573. The summed E-state index contributed by atoms with van der Waals surface area (Å²) >= 11 is 0. The number of amides is 1. The fraction of sp³-hybridized carbons (Fsp3) is 0.273. The lowest BCUT2D eigenvalue weighted by atomic mass is 10.1. The van der Waals surface area contributed by atoms with Crippen molar-refractivity contribution in [1.29, 1.82) is 0 Å². The van der Waals surface area contributed by atoms with Crippen molar-refractivity contribution < 1.29 is 14.3 Å².